The first kappa shape index (κ1) is 23.0. The summed E-state index contributed by atoms with van der Waals surface area (Å²) in [6.45, 7) is 1.42. The Morgan fingerprint density at radius 1 is 1.15 bits per heavy atom. The van der Waals surface area contributed by atoms with Gasteiger partial charge in [-0.15, -0.1) is 0 Å². The van der Waals surface area contributed by atoms with Crippen molar-refractivity contribution >= 4 is 17.2 Å². The van der Waals surface area contributed by atoms with Crippen LogP contribution in [0, 0.1) is 6.92 Å². The van der Waals surface area contributed by atoms with Gasteiger partial charge in [0.05, 0.1) is 30.2 Å². The van der Waals surface area contributed by atoms with Crippen LogP contribution in [0.2, 0.25) is 0 Å². The van der Waals surface area contributed by atoms with Gasteiger partial charge in [0.25, 0.3) is 0 Å². The summed E-state index contributed by atoms with van der Waals surface area (Å²) in [5.41, 5.74) is 8.61. The number of pyridine rings is 1. The van der Waals surface area contributed by atoms with Crippen molar-refractivity contribution in [2.45, 2.75) is 19.5 Å². The summed E-state index contributed by atoms with van der Waals surface area (Å²) in [7, 11) is 0. The lowest BCUT2D eigenvalue weighted by atomic mass is 10.0. The normalized spacial score (nSPS) is 11.5. The summed E-state index contributed by atoms with van der Waals surface area (Å²) in [5.74, 6) is 0.311. The number of nitrogens with zero attached hydrogens (tertiary/aromatic N) is 2. The molecule has 2 aromatic heterocycles. The van der Waals surface area contributed by atoms with Crippen LogP contribution in [-0.2, 0) is 0 Å². The van der Waals surface area contributed by atoms with Crippen LogP contribution in [0.15, 0.2) is 60.9 Å². The predicted molar refractivity (Wildman–Crippen MR) is 121 cm³/mol. The van der Waals surface area contributed by atoms with Gasteiger partial charge in [-0.2, -0.15) is 13.2 Å². The maximum Gasteiger partial charge on any atom is 0.390 e. The van der Waals surface area contributed by atoms with Crippen LogP contribution in [0.1, 0.15) is 22.3 Å². The minimum Gasteiger partial charge on any atom is -0.508 e. The Hall–Kier alpha value is -4.21. The van der Waals surface area contributed by atoms with Gasteiger partial charge in [0, 0.05) is 23.7 Å². The molecule has 0 unspecified atom stereocenters. The molecule has 176 valence electrons. The number of aryl methyl sites for hydroxylation is 1. The average Bonchev–Trinajstić information content (AvgIpc) is 3.18. The molecule has 0 spiro atoms. The van der Waals surface area contributed by atoms with Crippen molar-refractivity contribution < 1.29 is 27.8 Å². The lowest BCUT2D eigenvalue weighted by molar-refractivity contribution is -0.131. The maximum absolute atomic E-state index is 12.7. The fraction of sp³-hybridized carbons (Fsp3) is 0.167. The van der Waals surface area contributed by atoms with Crippen molar-refractivity contribution in [1.29, 1.82) is 0 Å². The molecule has 10 heteroatoms. The number of phenols is 1. The van der Waals surface area contributed by atoms with Gasteiger partial charge in [0.2, 0.25) is 5.91 Å². The standard InChI is InChI=1S/C24H21F3N4O3/c1-14-10-15(2-7-19(14)22(28)33)21-12-30-23-20(29-9-8-24(25,26)27)11-18(13-31(21)23)34-17-5-3-16(32)4-6-17/h2-7,10-13,29,32H,8-9H2,1H3,(H2,28,33). The molecule has 4 aromatic rings. The van der Waals surface area contributed by atoms with E-state index in [4.69, 9.17) is 10.5 Å². The van der Waals surface area contributed by atoms with Crippen LogP contribution in [-0.4, -0.2) is 33.1 Å². The largest absolute Gasteiger partial charge is 0.508 e. The lowest BCUT2D eigenvalue weighted by Crippen LogP contribution is -2.15. The molecule has 4 N–H and O–H groups in total. The number of nitrogens with one attached hydrogen (secondary N) is 1. The number of phenolic OH excluding ortho intramolecular Hbond substituents is 1. The lowest BCUT2D eigenvalue weighted by Gasteiger charge is -2.14. The fourth-order valence-electron chi connectivity index (χ4n) is 3.55. The fourth-order valence-corrected chi connectivity index (χ4v) is 3.55. The number of amides is 1. The van der Waals surface area contributed by atoms with Gasteiger partial charge in [0.1, 0.15) is 17.2 Å². The number of aromatic hydroxyl groups is 1. The topological polar surface area (TPSA) is 102 Å². The van der Waals surface area contributed by atoms with Crippen molar-refractivity contribution in [3.8, 4) is 28.5 Å². The van der Waals surface area contributed by atoms with Crippen LogP contribution >= 0.6 is 0 Å². The highest BCUT2D eigenvalue weighted by atomic mass is 19.4. The van der Waals surface area contributed by atoms with Crippen LogP contribution in [0.25, 0.3) is 16.9 Å². The van der Waals surface area contributed by atoms with Crippen molar-refractivity contribution in [1.82, 2.24) is 9.38 Å². The molecule has 0 radical (unpaired) electrons. The first-order chi connectivity index (χ1) is 16.1. The number of hydrogen-bond donors (Lipinski definition) is 3. The van der Waals surface area contributed by atoms with E-state index in [2.05, 4.69) is 10.3 Å². The summed E-state index contributed by atoms with van der Waals surface area (Å²) in [6, 6.07) is 12.7. The number of anilines is 1. The number of fused-ring (bicyclic) bond motifs is 1. The minimum atomic E-state index is -4.30. The molecule has 0 fully saturated rings. The Kier molecular flexibility index (Phi) is 6.06. The molecule has 0 aliphatic carbocycles. The number of alkyl halides is 3. The number of imidazole rings is 1. The molecule has 0 saturated heterocycles. The Morgan fingerprint density at radius 2 is 1.88 bits per heavy atom. The zero-order valence-corrected chi connectivity index (χ0v) is 18.1. The third kappa shape index (κ3) is 5.06. The van der Waals surface area contributed by atoms with E-state index in [0.29, 0.717) is 39.7 Å². The number of carbonyl (C=O) groups is 1. The van der Waals surface area contributed by atoms with Crippen molar-refractivity contribution in [3.05, 3.63) is 72.1 Å². The van der Waals surface area contributed by atoms with Crippen LogP contribution in [0.3, 0.4) is 0 Å². The summed E-state index contributed by atoms with van der Waals surface area (Å²) < 4.78 is 45.6. The zero-order chi connectivity index (χ0) is 24.5. The first-order valence-corrected chi connectivity index (χ1v) is 10.3. The second-order valence-electron chi connectivity index (χ2n) is 7.71. The quantitative estimate of drug-likeness (QED) is 0.342. The minimum absolute atomic E-state index is 0.0731. The molecular weight excluding hydrogens is 449 g/mol. The molecule has 7 nitrogen and oxygen atoms in total. The molecule has 2 heterocycles. The summed E-state index contributed by atoms with van der Waals surface area (Å²) in [5, 5.41) is 12.3. The number of ether oxygens (including phenoxy) is 1. The first-order valence-electron chi connectivity index (χ1n) is 10.3. The van der Waals surface area contributed by atoms with E-state index in [1.807, 2.05) is 0 Å². The SMILES string of the molecule is Cc1cc(-c2cnc3c(NCCC(F)(F)F)cc(Oc4ccc(O)cc4)cn23)ccc1C(N)=O. The summed E-state index contributed by atoms with van der Waals surface area (Å²) in [6.07, 6.45) is -2.06. The number of carbonyl (C=O) groups excluding carboxylic acids is 1. The molecular formula is C24H21F3N4O3. The smallest absolute Gasteiger partial charge is 0.390 e. The molecule has 2 aromatic carbocycles. The predicted octanol–water partition coefficient (Wildman–Crippen LogP) is 5.27. The molecule has 0 atom stereocenters. The van der Waals surface area contributed by atoms with Gasteiger partial charge in [-0.25, -0.2) is 4.98 Å². The highest BCUT2D eigenvalue weighted by Gasteiger charge is 2.26. The van der Waals surface area contributed by atoms with E-state index >= 15 is 0 Å². The Labute approximate surface area is 192 Å². The second kappa shape index (κ2) is 8.97. The number of benzene rings is 2. The van der Waals surface area contributed by atoms with E-state index in [9.17, 15) is 23.1 Å². The van der Waals surface area contributed by atoms with E-state index < -0.39 is 18.5 Å². The number of primary amides is 1. The van der Waals surface area contributed by atoms with Gasteiger partial charge < -0.3 is 20.9 Å². The van der Waals surface area contributed by atoms with Gasteiger partial charge in [0.15, 0.2) is 5.65 Å². The third-order valence-electron chi connectivity index (χ3n) is 5.16. The third-order valence-corrected chi connectivity index (χ3v) is 5.16. The van der Waals surface area contributed by atoms with Crippen molar-refractivity contribution in [2.24, 2.45) is 5.73 Å². The molecule has 0 saturated carbocycles. The zero-order valence-electron chi connectivity index (χ0n) is 18.1. The second-order valence-corrected chi connectivity index (χ2v) is 7.71. The molecule has 1 amide bonds. The highest BCUT2D eigenvalue weighted by Crippen LogP contribution is 2.32. The van der Waals surface area contributed by atoms with E-state index in [0.717, 1.165) is 5.56 Å². The van der Waals surface area contributed by atoms with E-state index in [1.165, 1.54) is 12.1 Å². The number of rotatable bonds is 7. The number of nitrogens with two attached hydrogens (primary N) is 1. The summed E-state index contributed by atoms with van der Waals surface area (Å²) >= 11 is 0. The Balaban J connectivity index is 1.77. The Morgan fingerprint density at radius 3 is 2.53 bits per heavy atom. The van der Waals surface area contributed by atoms with Gasteiger partial charge in [-0.1, -0.05) is 6.07 Å². The van der Waals surface area contributed by atoms with Crippen molar-refractivity contribution in [3.63, 3.8) is 0 Å². The van der Waals surface area contributed by atoms with Crippen LogP contribution in [0.5, 0.6) is 17.2 Å². The highest BCUT2D eigenvalue weighted by molar-refractivity contribution is 5.95. The molecule has 34 heavy (non-hydrogen) atoms. The Bertz CT molecular complexity index is 1350. The molecule has 0 aliphatic heterocycles. The number of hydrogen-bond acceptors (Lipinski definition) is 5. The molecule has 0 aliphatic rings. The monoisotopic (exact) mass is 470 g/mol. The van der Waals surface area contributed by atoms with Crippen molar-refractivity contribution in [2.75, 3.05) is 11.9 Å². The van der Waals surface area contributed by atoms with Crippen LogP contribution in [0.4, 0.5) is 18.9 Å². The van der Waals surface area contributed by atoms with Crippen LogP contribution < -0.4 is 15.8 Å². The average molecular weight is 470 g/mol. The molecule has 4 rings (SSSR count). The van der Waals surface area contributed by atoms with E-state index in [-0.39, 0.29) is 12.3 Å². The number of halogens is 3. The van der Waals surface area contributed by atoms with Gasteiger partial charge in [-0.05, 0) is 48.9 Å². The maximum atomic E-state index is 12.7. The van der Waals surface area contributed by atoms with E-state index in [1.54, 1.807) is 60.1 Å². The molecule has 0 bridgehead atoms. The number of aromatic nitrogens is 2. The summed E-state index contributed by atoms with van der Waals surface area (Å²) in [4.78, 5) is 16.0. The van der Waals surface area contributed by atoms with Gasteiger partial charge >= 0.3 is 6.18 Å². The van der Waals surface area contributed by atoms with Gasteiger partial charge in [-0.3, -0.25) is 9.20 Å².